The van der Waals surface area contributed by atoms with E-state index in [1.54, 1.807) is 12.4 Å². The minimum atomic E-state index is -0.493. The summed E-state index contributed by atoms with van der Waals surface area (Å²) in [7, 11) is 0. The zero-order valence-corrected chi connectivity index (χ0v) is 23.2. The molecule has 2 aliphatic rings. The first-order chi connectivity index (χ1) is 20.2. The Morgan fingerprint density at radius 2 is 1.51 bits per heavy atom. The van der Waals surface area contributed by atoms with Crippen molar-refractivity contribution >= 4 is 5.95 Å². The van der Waals surface area contributed by atoms with Gasteiger partial charge in [0, 0.05) is 63.6 Å². The second-order valence-corrected chi connectivity index (χ2v) is 10.7. The number of aliphatic hydroxyl groups excluding tert-OH is 1. The highest BCUT2D eigenvalue weighted by Gasteiger charge is 2.34. The van der Waals surface area contributed by atoms with Crippen LogP contribution >= 0.6 is 0 Å². The number of nitrogens with two attached hydrogens (primary N) is 1. The van der Waals surface area contributed by atoms with Gasteiger partial charge in [-0.15, -0.1) is 0 Å². The predicted molar refractivity (Wildman–Crippen MR) is 159 cm³/mol. The van der Waals surface area contributed by atoms with Gasteiger partial charge in [-0.25, -0.2) is 9.97 Å². The predicted octanol–water partition coefficient (Wildman–Crippen LogP) is 4.46. The monoisotopic (exact) mass is 551 g/mol. The standard InChI is InChI=1S/C33H37N5O3/c34-21-25-4-1-5-27(18-25)28-6-2-7-29(19-28)32-40-30(20-31(41-32)26-10-8-24(23-39)9-11-26)22-37-14-16-38(17-15-37)33-35-12-3-13-36-33/h1-13,18-19,30-32,39H,14-17,20-23,34H2/t30-,31+,32+/m1/s1. The first-order valence-corrected chi connectivity index (χ1v) is 14.3. The van der Waals surface area contributed by atoms with Gasteiger partial charge in [0.2, 0.25) is 5.95 Å². The van der Waals surface area contributed by atoms with E-state index in [1.807, 2.05) is 30.3 Å². The normalized spacial score (nSPS) is 21.6. The molecule has 1 aromatic heterocycles. The lowest BCUT2D eigenvalue weighted by molar-refractivity contribution is -0.253. The van der Waals surface area contributed by atoms with Gasteiger partial charge < -0.3 is 25.2 Å². The van der Waals surface area contributed by atoms with Crippen molar-refractivity contribution in [2.45, 2.75) is 38.1 Å². The summed E-state index contributed by atoms with van der Waals surface area (Å²) in [5.74, 6) is 0.790. The van der Waals surface area contributed by atoms with Crippen LogP contribution < -0.4 is 10.6 Å². The molecule has 3 aromatic carbocycles. The van der Waals surface area contributed by atoms with E-state index in [4.69, 9.17) is 15.2 Å². The topological polar surface area (TPSA) is 97.0 Å². The van der Waals surface area contributed by atoms with Crippen molar-refractivity contribution in [3.63, 3.8) is 0 Å². The number of hydrogen-bond donors (Lipinski definition) is 2. The Balaban J connectivity index is 1.20. The molecule has 0 spiro atoms. The van der Waals surface area contributed by atoms with Crippen molar-refractivity contribution in [3.05, 3.63) is 114 Å². The van der Waals surface area contributed by atoms with Gasteiger partial charge in [-0.1, -0.05) is 60.7 Å². The molecule has 4 aromatic rings. The number of aliphatic hydroxyl groups is 1. The fourth-order valence-corrected chi connectivity index (χ4v) is 5.65. The van der Waals surface area contributed by atoms with Gasteiger partial charge in [0.05, 0.1) is 18.8 Å². The summed E-state index contributed by atoms with van der Waals surface area (Å²) in [4.78, 5) is 13.5. The summed E-state index contributed by atoms with van der Waals surface area (Å²) >= 11 is 0. The first kappa shape index (κ1) is 27.5. The Morgan fingerprint density at radius 1 is 0.780 bits per heavy atom. The van der Waals surface area contributed by atoms with Crippen LogP contribution in [0.3, 0.4) is 0 Å². The summed E-state index contributed by atoms with van der Waals surface area (Å²) in [6, 6.07) is 26.6. The van der Waals surface area contributed by atoms with E-state index in [2.05, 4.69) is 68.3 Å². The lowest BCUT2D eigenvalue weighted by Crippen LogP contribution is -2.50. The Kier molecular flexibility index (Phi) is 8.65. The van der Waals surface area contributed by atoms with Gasteiger partial charge in [0.1, 0.15) is 0 Å². The van der Waals surface area contributed by atoms with Crippen LogP contribution in [0.4, 0.5) is 5.95 Å². The number of benzene rings is 3. The Morgan fingerprint density at radius 3 is 2.24 bits per heavy atom. The molecule has 212 valence electrons. The van der Waals surface area contributed by atoms with E-state index in [9.17, 15) is 5.11 Å². The summed E-state index contributed by atoms with van der Waals surface area (Å²) in [6.45, 7) is 4.97. The molecule has 8 nitrogen and oxygen atoms in total. The smallest absolute Gasteiger partial charge is 0.225 e. The Bertz CT molecular complexity index is 1410. The van der Waals surface area contributed by atoms with Gasteiger partial charge in [0.25, 0.3) is 0 Å². The molecule has 2 fully saturated rings. The quantitative estimate of drug-likeness (QED) is 0.331. The van der Waals surface area contributed by atoms with Gasteiger partial charge in [-0.05, 0) is 46.0 Å². The summed E-state index contributed by atoms with van der Waals surface area (Å²) in [5, 5.41) is 9.52. The van der Waals surface area contributed by atoms with Crippen LogP contribution in [0.2, 0.25) is 0 Å². The summed E-state index contributed by atoms with van der Waals surface area (Å²) < 4.78 is 13.3. The third-order valence-corrected chi connectivity index (χ3v) is 7.94. The van der Waals surface area contributed by atoms with Crippen LogP contribution in [0.1, 0.15) is 41.1 Å². The van der Waals surface area contributed by atoms with Crippen molar-refractivity contribution in [2.75, 3.05) is 37.6 Å². The maximum Gasteiger partial charge on any atom is 0.225 e. The molecule has 0 unspecified atom stereocenters. The average molecular weight is 552 g/mol. The van der Waals surface area contributed by atoms with E-state index in [0.29, 0.717) is 6.54 Å². The highest BCUT2D eigenvalue weighted by atomic mass is 16.7. The second-order valence-electron chi connectivity index (χ2n) is 10.7. The van der Waals surface area contributed by atoms with E-state index < -0.39 is 6.29 Å². The van der Waals surface area contributed by atoms with E-state index >= 15 is 0 Å². The van der Waals surface area contributed by atoms with E-state index in [0.717, 1.165) is 78.5 Å². The lowest BCUT2D eigenvalue weighted by Gasteiger charge is -2.40. The molecule has 0 aliphatic carbocycles. The van der Waals surface area contributed by atoms with Crippen molar-refractivity contribution in [1.29, 1.82) is 0 Å². The number of rotatable bonds is 8. The van der Waals surface area contributed by atoms with Crippen LogP contribution in [0.25, 0.3) is 11.1 Å². The molecular weight excluding hydrogens is 514 g/mol. The van der Waals surface area contributed by atoms with Crippen molar-refractivity contribution in [3.8, 4) is 11.1 Å². The molecular formula is C33H37N5O3. The zero-order chi connectivity index (χ0) is 28.0. The fraction of sp³-hybridized carbons (Fsp3) is 0.333. The van der Waals surface area contributed by atoms with E-state index in [1.165, 1.54) is 0 Å². The number of nitrogens with zero attached hydrogens (tertiary/aromatic N) is 4. The van der Waals surface area contributed by atoms with Crippen LogP contribution in [0, 0.1) is 0 Å². The Hall–Kier alpha value is -3.66. The lowest BCUT2D eigenvalue weighted by atomic mass is 9.98. The minimum Gasteiger partial charge on any atom is -0.392 e. The van der Waals surface area contributed by atoms with Crippen LogP contribution in [0.15, 0.2) is 91.3 Å². The molecule has 0 bridgehead atoms. The number of anilines is 1. The molecule has 3 atom stereocenters. The molecule has 3 heterocycles. The van der Waals surface area contributed by atoms with Crippen molar-refractivity contribution < 1.29 is 14.6 Å². The molecule has 41 heavy (non-hydrogen) atoms. The summed E-state index contributed by atoms with van der Waals surface area (Å²) in [6.07, 6.45) is 3.74. The molecule has 6 rings (SSSR count). The second kappa shape index (κ2) is 12.9. The van der Waals surface area contributed by atoms with Gasteiger partial charge >= 0.3 is 0 Å². The zero-order valence-electron chi connectivity index (χ0n) is 23.2. The SMILES string of the molecule is NCc1cccc(-c2cccc([C@H]3O[C@@H](CN4CCN(c5ncccn5)CC4)C[C@@H](c4ccc(CO)cc4)O3)c2)c1. The van der Waals surface area contributed by atoms with Crippen LogP contribution in [0.5, 0.6) is 0 Å². The maximum atomic E-state index is 9.52. The minimum absolute atomic E-state index is 0.0000165. The van der Waals surface area contributed by atoms with Crippen molar-refractivity contribution in [1.82, 2.24) is 14.9 Å². The molecule has 8 heteroatoms. The van der Waals surface area contributed by atoms with Gasteiger partial charge in [-0.2, -0.15) is 0 Å². The molecule has 2 saturated heterocycles. The van der Waals surface area contributed by atoms with Gasteiger partial charge in [0.15, 0.2) is 6.29 Å². The molecule has 2 aliphatic heterocycles. The molecule has 3 N–H and O–H groups in total. The molecule has 0 saturated carbocycles. The first-order valence-electron chi connectivity index (χ1n) is 14.3. The maximum absolute atomic E-state index is 9.52. The number of aromatic nitrogens is 2. The Labute approximate surface area is 241 Å². The average Bonchev–Trinajstić information content (AvgIpc) is 3.05. The van der Waals surface area contributed by atoms with Crippen LogP contribution in [-0.4, -0.2) is 58.8 Å². The van der Waals surface area contributed by atoms with Crippen LogP contribution in [-0.2, 0) is 22.6 Å². The largest absolute Gasteiger partial charge is 0.392 e. The van der Waals surface area contributed by atoms with Gasteiger partial charge in [-0.3, -0.25) is 4.90 Å². The van der Waals surface area contributed by atoms with Crippen molar-refractivity contribution in [2.24, 2.45) is 5.73 Å². The summed E-state index contributed by atoms with van der Waals surface area (Å²) in [5.41, 5.74) is 12.2. The fourth-order valence-electron chi connectivity index (χ4n) is 5.65. The highest BCUT2D eigenvalue weighted by Crippen LogP contribution is 2.39. The third kappa shape index (κ3) is 6.64. The third-order valence-electron chi connectivity index (χ3n) is 7.94. The number of hydrogen-bond acceptors (Lipinski definition) is 8. The molecule has 0 radical (unpaired) electrons. The molecule has 0 amide bonds. The highest BCUT2D eigenvalue weighted by molar-refractivity contribution is 5.65. The number of ether oxygens (including phenoxy) is 2. The van der Waals surface area contributed by atoms with E-state index in [-0.39, 0.29) is 18.8 Å². The number of piperazine rings is 1.